The van der Waals surface area contributed by atoms with Crippen LogP contribution in [0.5, 0.6) is 0 Å². The quantitative estimate of drug-likeness (QED) is 0.783. The first-order valence-corrected chi connectivity index (χ1v) is 8.07. The van der Waals surface area contributed by atoms with Gasteiger partial charge in [-0.1, -0.05) is 49.7 Å². The molecule has 0 aliphatic rings. The molecular weight excluding hydrogens is 302 g/mol. The summed E-state index contributed by atoms with van der Waals surface area (Å²) in [5, 5.41) is 8.25. The standard InChI is InChI=1S/C19H19N3O2/c1-2-3-13-22-19(24)16-12-8-7-11-15(16)17(21-22)18(23)20-14-9-5-4-6-10-14/h4-12H,2-3,13H2,1H3,(H,20,23). The van der Waals surface area contributed by atoms with Crippen LogP contribution in [0.3, 0.4) is 0 Å². The summed E-state index contributed by atoms with van der Waals surface area (Å²) in [4.78, 5) is 25.2. The molecule has 5 nitrogen and oxygen atoms in total. The number of nitrogens with one attached hydrogen (secondary N) is 1. The molecule has 1 heterocycles. The van der Waals surface area contributed by atoms with Crippen molar-refractivity contribution in [2.45, 2.75) is 26.3 Å². The maximum Gasteiger partial charge on any atom is 0.276 e. The third-order valence-electron chi connectivity index (χ3n) is 3.84. The molecule has 0 saturated carbocycles. The van der Waals surface area contributed by atoms with E-state index in [4.69, 9.17) is 0 Å². The van der Waals surface area contributed by atoms with Gasteiger partial charge in [0.2, 0.25) is 0 Å². The van der Waals surface area contributed by atoms with Crippen LogP contribution < -0.4 is 10.9 Å². The maximum absolute atomic E-state index is 12.7. The molecule has 5 heteroatoms. The number of unbranched alkanes of at least 4 members (excludes halogenated alkanes) is 1. The smallest absolute Gasteiger partial charge is 0.276 e. The molecular formula is C19H19N3O2. The van der Waals surface area contributed by atoms with Gasteiger partial charge in [0.25, 0.3) is 11.5 Å². The second-order valence-electron chi connectivity index (χ2n) is 5.60. The molecule has 0 spiro atoms. The van der Waals surface area contributed by atoms with E-state index in [1.807, 2.05) is 30.3 Å². The number of fused-ring (bicyclic) bond motifs is 1. The van der Waals surface area contributed by atoms with Gasteiger partial charge >= 0.3 is 0 Å². The van der Waals surface area contributed by atoms with Crippen molar-refractivity contribution in [3.05, 3.63) is 70.6 Å². The zero-order chi connectivity index (χ0) is 16.9. The molecule has 0 saturated heterocycles. The minimum Gasteiger partial charge on any atom is -0.321 e. The molecule has 1 N–H and O–H groups in total. The summed E-state index contributed by atoms with van der Waals surface area (Å²) in [7, 11) is 0. The number of aryl methyl sites for hydroxylation is 1. The first-order chi connectivity index (χ1) is 11.7. The maximum atomic E-state index is 12.7. The van der Waals surface area contributed by atoms with Crippen molar-refractivity contribution in [2.75, 3.05) is 5.32 Å². The second-order valence-corrected chi connectivity index (χ2v) is 5.60. The zero-order valence-corrected chi connectivity index (χ0v) is 13.5. The van der Waals surface area contributed by atoms with Crippen LogP contribution in [0.2, 0.25) is 0 Å². The molecule has 0 aliphatic carbocycles. The van der Waals surface area contributed by atoms with Crippen LogP contribution in [-0.4, -0.2) is 15.7 Å². The molecule has 0 unspecified atom stereocenters. The molecule has 0 fully saturated rings. The Bertz CT molecular complexity index is 917. The Balaban J connectivity index is 2.07. The molecule has 3 aromatic rings. The van der Waals surface area contributed by atoms with Gasteiger partial charge in [0, 0.05) is 17.6 Å². The predicted molar refractivity (Wildman–Crippen MR) is 95.3 cm³/mol. The van der Waals surface area contributed by atoms with Crippen LogP contribution in [0.25, 0.3) is 10.8 Å². The minimum absolute atomic E-state index is 0.157. The third kappa shape index (κ3) is 3.20. The normalized spacial score (nSPS) is 10.7. The Hall–Kier alpha value is -2.95. The van der Waals surface area contributed by atoms with Crippen LogP contribution in [-0.2, 0) is 6.54 Å². The van der Waals surface area contributed by atoms with Gasteiger partial charge in [-0.2, -0.15) is 5.10 Å². The highest BCUT2D eigenvalue weighted by Gasteiger charge is 2.16. The number of carbonyl (C=O) groups is 1. The summed E-state index contributed by atoms with van der Waals surface area (Å²) in [5.74, 6) is -0.317. The molecule has 0 aliphatic heterocycles. The number of benzene rings is 2. The van der Waals surface area contributed by atoms with Crippen molar-refractivity contribution >= 4 is 22.4 Å². The van der Waals surface area contributed by atoms with Gasteiger partial charge in [-0.3, -0.25) is 9.59 Å². The van der Waals surface area contributed by atoms with E-state index in [1.165, 1.54) is 4.68 Å². The average Bonchev–Trinajstić information content (AvgIpc) is 2.62. The lowest BCUT2D eigenvalue weighted by Gasteiger charge is -2.11. The van der Waals surface area contributed by atoms with Crippen LogP contribution in [0.1, 0.15) is 30.3 Å². The zero-order valence-electron chi connectivity index (χ0n) is 13.5. The summed E-state index contributed by atoms with van der Waals surface area (Å²) >= 11 is 0. The van der Waals surface area contributed by atoms with Crippen LogP contribution in [0.15, 0.2) is 59.4 Å². The summed E-state index contributed by atoms with van der Waals surface area (Å²) in [6.45, 7) is 2.56. The number of hydrogen-bond acceptors (Lipinski definition) is 3. The number of rotatable bonds is 5. The van der Waals surface area contributed by atoms with Crippen molar-refractivity contribution in [3.63, 3.8) is 0 Å². The molecule has 0 atom stereocenters. The van der Waals surface area contributed by atoms with Gasteiger partial charge in [0.1, 0.15) is 0 Å². The van der Waals surface area contributed by atoms with Crippen molar-refractivity contribution < 1.29 is 4.79 Å². The van der Waals surface area contributed by atoms with E-state index in [0.29, 0.717) is 23.0 Å². The highest BCUT2D eigenvalue weighted by molar-refractivity contribution is 6.11. The largest absolute Gasteiger partial charge is 0.321 e. The number of hydrogen-bond donors (Lipinski definition) is 1. The van der Waals surface area contributed by atoms with Gasteiger partial charge < -0.3 is 5.32 Å². The van der Waals surface area contributed by atoms with Crippen LogP contribution in [0.4, 0.5) is 5.69 Å². The fourth-order valence-corrected chi connectivity index (χ4v) is 2.57. The third-order valence-corrected chi connectivity index (χ3v) is 3.84. The van der Waals surface area contributed by atoms with E-state index in [0.717, 1.165) is 12.8 Å². The number of amides is 1. The van der Waals surface area contributed by atoms with Crippen molar-refractivity contribution in [1.82, 2.24) is 9.78 Å². The molecule has 3 rings (SSSR count). The number of para-hydroxylation sites is 1. The van der Waals surface area contributed by atoms with Crippen LogP contribution >= 0.6 is 0 Å². The van der Waals surface area contributed by atoms with E-state index >= 15 is 0 Å². The number of nitrogens with zero attached hydrogens (tertiary/aromatic N) is 2. The molecule has 2 aromatic carbocycles. The van der Waals surface area contributed by atoms with Gasteiger partial charge in [0.05, 0.1) is 5.39 Å². The van der Waals surface area contributed by atoms with E-state index in [-0.39, 0.29) is 17.2 Å². The highest BCUT2D eigenvalue weighted by atomic mass is 16.2. The number of anilines is 1. The Morgan fingerprint density at radius 3 is 2.42 bits per heavy atom. The molecule has 1 amide bonds. The Kier molecular flexibility index (Phi) is 4.70. The van der Waals surface area contributed by atoms with Crippen LogP contribution in [0, 0.1) is 0 Å². The first-order valence-electron chi connectivity index (χ1n) is 8.07. The topological polar surface area (TPSA) is 64.0 Å². The minimum atomic E-state index is -0.317. The lowest BCUT2D eigenvalue weighted by molar-refractivity contribution is 0.102. The van der Waals surface area contributed by atoms with Gasteiger partial charge in [-0.25, -0.2) is 4.68 Å². The monoisotopic (exact) mass is 321 g/mol. The predicted octanol–water partition coefficient (Wildman–Crippen LogP) is 3.45. The van der Waals surface area contributed by atoms with E-state index in [1.54, 1.807) is 24.3 Å². The second kappa shape index (κ2) is 7.08. The van der Waals surface area contributed by atoms with E-state index < -0.39 is 0 Å². The molecule has 24 heavy (non-hydrogen) atoms. The van der Waals surface area contributed by atoms with Crippen molar-refractivity contribution in [1.29, 1.82) is 0 Å². The van der Waals surface area contributed by atoms with E-state index in [9.17, 15) is 9.59 Å². The molecule has 0 bridgehead atoms. The average molecular weight is 321 g/mol. The fraction of sp³-hybridized carbons (Fsp3) is 0.211. The lowest BCUT2D eigenvalue weighted by Crippen LogP contribution is -2.27. The highest BCUT2D eigenvalue weighted by Crippen LogP contribution is 2.15. The van der Waals surface area contributed by atoms with Crippen molar-refractivity contribution in [2.24, 2.45) is 0 Å². The Labute approximate surface area is 139 Å². The van der Waals surface area contributed by atoms with Crippen molar-refractivity contribution in [3.8, 4) is 0 Å². The molecule has 1 aromatic heterocycles. The molecule has 122 valence electrons. The molecule has 0 radical (unpaired) electrons. The van der Waals surface area contributed by atoms with E-state index in [2.05, 4.69) is 17.3 Å². The lowest BCUT2D eigenvalue weighted by atomic mass is 10.1. The fourth-order valence-electron chi connectivity index (χ4n) is 2.57. The van der Waals surface area contributed by atoms with Gasteiger partial charge in [0.15, 0.2) is 5.69 Å². The SMILES string of the molecule is CCCCn1nc(C(=O)Nc2ccccc2)c2ccccc2c1=O. The number of aromatic nitrogens is 2. The summed E-state index contributed by atoms with van der Waals surface area (Å²) in [6, 6.07) is 16.3. The Morgan fingerprint density at radius 1 is 1.04 bits per heavy atom. The Morgan fingerprint density at radius 2 is 1.71 bits per heavy atom. The first kappa shape index (κ1) is 15.9. The van der Waals surface area contributed by atoms with Gasteiger partial charge in [-0.05, 0) is 24.6 Å². The summed E-state index contributed by atoms with van der Waals surface area (Å²) in [6.07, 6.45) is 1.79. The number of carbonyl (C=O) groups excluding carboxylic acids is 1. The summed E-state index contributed by atoms with van der Waals surface area (Å²) < 4.78 is 1.39. The van der Waals surface area contributed by atoms with Gasteiger partial charge in [-0.15, -0.1) is 0 Å². The summed E-state index contributed by atoms with van der Waals surface area (Å²) in [5.41, 5.74) is 0.806.